The lowest BCUT2D eigenvalue weighted by molar-refractivity contribution is -0.135. The van der Waals surface area contributed by atoms with Crippen molar-refractivity contribution < 1.29 is 9.90 Å². The fourth-order valence-electron chi connectivity index (χ4n) is 3.14. The Morgan fingerprint density at radius 2 is 2.16 bits per heavy atom. The lowest BCUT2D eigenvalue weighted by Gasteiger charge is -2.31. The average Bonchev–Trinajstić information content (AvgIpc) is 2.94. The molecule has 0 aliphatic carbocycles. The van der Waals surface area contributed by atoms with E-state index in [1.165, 1.54) is 11.1 Å². The van der Waals surface area contributed by atoms with Gasteiger partial charge in [0.15, 0.2) is 0 Å². The van der Waals surface area contributed by atoms with Crippen molar-refractivity contribution in [1.82, 2.24) is 10.2 Å². The third kappa shape index (κ3) is 2.38. The summed E-state index contributed by atoms with van der Waals surface area (Å²) in [6.45, 7) is 1.61. The Balaban J connectivity index is 1.72. The first-order valence-corrected chi connectivity index (χ1v) is 7.01. The van der Waals surface area contributed by atoms with Crippen LogP contribution in [0.25, 0.3) is 0 Å². The molecule has 2 N–H and O–H groups in total. The minimum Gasteiger partial charge on any atom is -0.394 e. The van der Waals surface area contributed by atoms with Gasteiger partial charge in [-0.25, -0.2) is 0 Å². The lowest BCUT2D eigenvalue weighted by Crippen LogP contribution is -2.51. The zero-order valence-electron chi connectivity index (χ0n) is 11.0. The van der Waals surface area contributed by atoms with Crippen LogP contribution in [0, 0.1) is 0 Å². The summed E-state index contributed by atoms with van der Waals surface area (Å²) in [5.41, 5.74) is 2.55. The topological polar surface area (TPSA) is 52.6 Å². The second-order valence-corrected chi connectivity index (χ2v) is 5.42. The molecule has 1 saturated heterocycles. The molecule has 19 heavy (non-hydrogen) atoms. The maximum atomic E-state index is 12.5. The van der Waals surface area contributed by atoms with E-state index in [1.807, 2.05) is 17.0 Å². The smallest absolute Gasteiger partial charge is 0.240 e. The van der Waals surface area contributed by atoms with Crippen LogP contribution < -0.4 is 5.32 Å². The highest BCUT2D eigenvalue weighted by Gasteiger charge is 2.34. The van der Waals surface area contributed by atoms with E-state index in [0.29, 0.717) is 0 Å². The van der Waals surface area contributed by atoms with E-state index in [0.717, 1.165) is 32.4 Å². The van der Waals surface area contributed by atoms with E-state index in [1.54, 1.807) is 0 Å². The summed E-state index contributed by atoms with van der Waals surface area (Å²) in [5.74, 6) is 0.144. The van der Waals surface area contributed by atoms with E-state index in [2.05, 4.69) is 17.4 Å². The number of rotatable bonds is 2. The monoisotopic (exact) mass is 260 g/mol. The Hall–Kier alpha value is -1.39. The first-order valence-electron chi connectivity index (χ1n) is 7.01. The molecule has 2 aliphatic rings. The lowest BCUT2D eigenvalue weighted by atomic mass is 9.95. The molecule has 3 rings (SSSR count). The number of carbonyl (C=O) groups excluding carboxylic acids is 1. The summed E-state index contributed by atoms with van der Waals surface area (Å²) in [7, 11) is 0. The van der Waals surface area contributed by atoms with Gasteiger partial charge < -0.3 is 15.3 Å². The largest absolute Gasteiger partial charge is 0.394 e. The second kappa shape index (κ2) is 5.31. The van der Waals surface area contributed by atoms with Gasteiger partial charge in [-0.05, 0) is 30.4 Å². The van der Waals surface area contributed by atoms with Gasteiger partial charge >= 0.3 is 0 Å². The Labute approximate surface area is 113 Å². The second-order valence-electron chi connectivity index (χ2n) is 5.42. The van der Waals surface area contributed by atoms with Crippen molar-refractivity contribution in [1.29, 1.82) is 0 Å². The van der Waals surface area contributed by atoms with Gasteiger partial charge in [0.1, 0.15) is 0 Å². The highest BCUT2D eigenvalue weighted by atomic mass is 16.3. The molecule has 0 saturated carbocycles. The molecule has 2 aliphatic heterocycles. The van der Waals surface area contributed by atoms with E-state index in [4.69, 9.17) is 0 Å². The van der Waals surface area contributed by atoms with E-state index in [-0.39, 0.29) is 24.6 Å². The molecule has 2 heterocycles. The van der Waals surface area contributed by atoms with Gasteiger partial charge in [-0.3, -0.25) is 4.79 Å². The number of amides is 1. The van der Waals surface area contributed by atoms with Gasteiger partial charge in [0.05, 0.1) is 18.7 Å². The van der Waals surface area contributed by atoms with Crippen LogP contribution in [0.1, 0.15) is 24.0 Å². The van der Waals surface area contributed by atoms with Crippen LogP contribution in [0.4, 0.5) is 0 Å². The van der Waals surface area contributed by atoms with Gasteiger partial charge in [0.2, 0.25) is 5.91 Å². The molecular formula is C15H20N2O2. The number of hydrogen-bond acceptors (Lipinski definition) is 3. The van der Waals surface area contributed by atoms with E-state index in [9.17, 15) is 9.90 Å². The standard InChI is InChI=1S/C15H20N2O2/c18-10-13-6-3-7-17(13)15(19)14-8-11-4-1-2-5-12(11)9-16-14/h1-2,4-5,13-14,16,18H,3,6-10H2/t13?,14-/m0/s1. The molecule has 4 heteroatoms. The van der Waals surface area contributed by atoms with Crippen molar-refractivity contribution in [2.24, 2.45) is 0 Å². The first-order chi connectivity index (χ1) is 9.29. The highest BCUT2D eigenvalue weighted by molar-refractivity contribution is 5.83. The number of benzene rings is 1. The number of carbonyl (C=O) groups is 1. The predicted octanol–water partition coefficient (Wildman–Crippen LogP) is 0.684. The highest BCUT2D eigenvalue weighted by Crippen LogP contribution is 2.22. The molecule has 1 amide bonds. The van der Waals surface area contributed by atoms with Gasteiger partial charge in [0.25, 0.3) is 0 Å². The number of aliphatic hydroxyl groups excluding tert-OH is 1. The molecule has 0 radical (unpaired) electrons. The summed E-state index contributed by atoms with van der Waals surface area (Å²) >= 11 is 0. The number of nitrogens with zero attached hydrogens (tertiary/aromatic N) is 1. The van der Waals surface area contributed by atoms with Gasteiger partial charge in [-0.1, -0.05) is 24.3 Å². The molecular weight excluding hydrogens is 240 g/mol. The fraction of sp³-hybridized carbons (Fsp3) is 0.533. The molecule has 1 aromatic rings. The van der Waals surface area contributed by atoms with Crippen LogP contribution in [-0.4, -0.2) is 41.1 Å². The Morgan fingerprint density at radius 1 is 1.37 bits per heavy atom. The Bertz CT molecular complexity index is 475. The molecule has 0 spiro atoms. The average molecular weight is 260 g/mol. The molecule has 1 unspecified atom stereocenters. The summed E-state index contributed by atoms with van der Waals surface area (Å²) in [5, 5.41) is 12.7. The van der Waals surface area contributed by atoms with Crippen molar-refractivity contribution in [2.45, 2.75) is 37.9 Å². The SMILES string of the molecule is O=C([C@@H]1Cc2ccccc2CN1)N1CCCC1CO. The molecule has 1 fully saturated rings. The van der Waals surface area contributed by atoms with Crippen LogP contribution in [0.3, 0.4) is 0 Å². The van der Waals surface area contributed by atoms with Crippen molar-refractivity contribution in [3.8, 4) is 0 Å². The molecule has 2 atom stereocenters. The normalized spacial score (nSPS) is 26.3. The van der Waals surface area contributed by atoms with Gasteiger partial charge in [0, 0.05) is 13.1 Å². The summed E-state index contributed by atoms with van der Waals surface area (Å²) in [6.07, 6.45) is 2.68. The van der Waals surface area contributed by atoms with Crippen molar-refractivity contribution in [3.63, 3.8) is 0 Å². The fourth-order valence-corrected chi connectivity index (χ4v) is 3.14. The summed E-state index contributed by atoms with van der Waals surface area (Å²) in [4.78, 5) is 14.4. The van der Waals surface area contributed by atoms with Gasteiger partial charge in [-0.15, -0.1) is 0 Å². The Kier molecular flexibility index (Phi) is 3.53. The number of hydrogen-bond donors (Lipinski definition) is 2. The molecule has 0 bridgehead atoms. The van der Waals surface area contributed by atoms with Crippen molar-refractivity contribution in [2.75, 3.05) is 13.2 Å². The minimum absolute atomic E-state index is 0.0199. The third-order valence-electron chi connectivity index (χ3n) is 4.25. The Morgan fingerprint density at radius 3 is 2.95 bits per heavy atom. The van der Waals surface area contributed by atoms with E-state index < -0.39 is 0 Å². The zero-order chi connectivity index (χ0) is 13.2. The number of aliphatic hydroxyl groups is 1. The van der Waals surface area contributed by atoms with Crippen molar-refractivity contribution >= 4 is 5.91 Å². The predicted molar refractivity (Wildman–Crippen MR) is 72.6 cm³/mol. The van der Waals surface area contributed by atoms with Crippen LogP contribution in [0.5, 0.6) is 0 Å². The number of fused-ring (bicyclic) bond motifs is 1. The quantitative estimate of drug-likeness (QED) is 0.822. The first kappa shape index (κ1) is 12.6. The van der Waals surface area contributed by atoms with Crippen LogP contribution in [0.2, 0.25) is 0 Å². The molecule has 0 aromatic heterocycles. The van der Waals surface area contributed by atoms with Crippen LogP contribution >= 0.6 is 0 Å². The summed E-state index contributed by atoms with van der Waals surface area (Å²) in [6, 6.07) is 8.15. The van der Waals surface area contributed by atoms with E-state index >= 15 is 0 Å². The third-order valence-corrected chi connectivity index (χ3v) is 4.25. The maximum absolute atomic E-state index is 12.5. The zero-order valence-corrected chi connectivity index (χ0v) is 11.0. The van der Waals surface area contributed by atoms with Crippen LogP contribution in [-0.2, 0) is 17.8 Å². The molecule has 102 valence electrons. The summed E-state index contributed by atoms with van der Waals surface area (Å²) < 4.78 is 0. The molecule has 4 nitrogen and oxygen atoms in total. The van der Waals surface area contributed by atoms with Gasteiger partial charge in [-0.2, -0.15) is 0 Å². The number of likely N-dealkylation sites (tertiary alicyclic amines) is 1. The maximum Gasteiger partial charge on any atom is 0.240 e. The minimum atomic E-state index is -0.137. The van der Waals surface area contributed by atoms with Crippen molar-refractivity contribution in [3.05, 3.63) is 35.4 Å². The molecule has 1 aromatic carbocycles. The number of nitrogens with one attached hydrogen (secondary N) is 1. The van der Waals surface area contributed by atoms with Crippen LogP contribution in [0.15, 0.2) is 24.3 Å².